The summed E-state index contributed by atoms with van der Waals surface area (Å²) in [6, 6.07) is 6.03. The van der Waals surface area contributed by atoms with Crippen molar-refractivity contribution in [3.63, 3.8) is 0 Å². The molecule has 1 atom stereocenters. The Hall–Kier alpha value is -0.240. The minimum atomic E-state index is -2.31. The molecule has 2 rings (SSSR count). The van der Waals surface area contributed by atoms with Crippen LogP contribution >= 0.6 is 0 Å². The molecule has 0 aromatic heterocycles. The molecule has 92 valence electrons. The van der Waals surface area contributed by atoms with Gasteiger partial charge in [-0.25, -0.2) is 0 Å². The average molecular weight is 277 g/mol. The Morgan fingerprint density at radius 1 is 1.33 bits per heavy atom. The van der Waals surface area contributed by atoms with Gasteiger partial charge >= 0.3 is 29.6 Å². The molecule has 1 aromatic rings. The zero-order valence-corrected chi connectivity index (χ0v) is 12.9. The molecular weight excluding hydrogens is 265 g/mol. The first-order chi connectivity index (χ1) is 8.18. The van der Waals surface area contributed by atoms with E-state index in [0.29, 0.717) is 31.9 Å². The summed E-state index contributed by atoms with van der Waals surface area (Å²) in [5.41, 5.74) is 0.397. The van der Waals surface area contributed by atoms with Crippen molar-refractivity contribution >= 4 is 17.0 Å². The Morgan fingerprint density at radius 3 is 2.61 bits per heavy atom. The third kappa shape index (κ3) is 3.88. The summed E-state index contributed by atoms with van der Waals surface area (Å²) >= 11 is -2.31. The van der Waals surface area contributed by atoms with Gasteiger partial charge in [-0.05, 0) is 29.3 Å². The van der Waals surface area contributed by atoms with Gasteiger partial charge in [0, 0.05) is 23.5 Å². The Kier molecular flexibility index (Phi) is 6.48. The van der Waals surface area contributed by atoms with Gasteiger partial charge in [0.25, 0.3) is 5.91 Å². The standard InChI is InChI=1S/C11H13NO4S.Na/c13-11(12-4-6-16-7-5-12)9-2-1-3-10(8-9)17(14)15;/h1-3,8H,4-7H2,(H,14,15);/q;+1/p-1. The molecule has 18 heavy (non-hydrogen) atoms. The Balaban J connectivity index is 0.00000162. The number of nitrogens with zero attached hydrogens (tertiary/aromatic N) is 1. The van der Waals surface area contributed by atoms with Crippen molar-refractivity contribution < 1.29 is 47.9 Å². The molecule has 1 aromatic carbocycles. The van der Waals surface area contributed by atoms with Gasteiger partial charge in [-0.1, -0.05) is 6.07 Å². The number of hydrogen-bond donors (Lipinski definition) is 0. The smallest absolute Gasteiger partial charge is 0.768 e. The van der Waals surface area contributed by atoms with Crippen LogP contribution in [0.4, 0.5) is 0 Å². The minimum Gasteiger partial charge on any atom is -0.768 e. The average Bonchev–Trinajstić information content (AvgIpc) is 2.39. The number of morpholine rings is 1. The second kappa shape index (κ2) is 7.37. The second-order valence-corrected chi connectivity index (χ2v) is 4.61. The summed E-state index contributed by atoms with van der Waals surface area (Å²) in [7, 11) is 0. The molecule has 1 heterocycles. The number of carbonyl (C=O) groups is 1. The SMILES string of the molecule is O=C(c1cccc(S(=O)[O-])c1)N1CCOCC1.[Na+]. The second-order valence-electron chi connectivity index (χ2n) is 3.67. The van der Waals surface area contributed by atoms with E-state index in [-0.39, 0.29) is 40.4 Å². The van der Waals surface area contributed by atoms with Crippen molar-refractivity contribution in [2.24, 2.45) is 0 Å². The molecule has 1 unspecified atom stereocenters. The van der Waals surface area contributed by atoms with E-state index in [4.69, 9.17) is 4.74 Å². The molecule has 1 fully saturated rings. The number of benzene rings is 1. The van der Waals surface area contributed by atoms with Gasteiger partial charge in [-0.3, -0.25) is 9.00 Å². The van der Waals surface area contributed by atoms with Crippen LogP contribution < -0.4 is 29.6 Å². The summed E-state index contributed by atoms with van der Waals surface area (Å²) in [5.74, 6) is -0.152. The Labute approximate surface area is 130 Å². The van der Waals surface area contributed by atoms with Crippen LogP contribution in [0.25, 0.3) is 0 Å². The number of hydrogen-bond acceptors (Lipinski definition) is 4. The molecule has 5 nitrogen and oxygen atoms in total. The van der Waals surface area contributed by atoms with Crippen molar-refractivity contribution in [3.8, 4) is 0 Å². The fourth-order valence-corrected chi connectivity index (χ4v) is 2.09. The van der Waals surface area contributed by atoms with E-state index in [1.54, 1.807) is 17.0 Å². The van der Waals surface area contributed by atoms with Crippen LogP contribution in [-0.4, -0.2) is 45.9 Å². The van der Waals surface area contributed by atoms with E-state index in [0.717, 1.165) is 0 Å². The van der Waals surface area contributed by atoms with Crippen molar-refractivity contribution in [1.82, 2.24) is 4.90 Å². The maximum Gasteiger partial charge on any atom is 1.00 e. The van der Waals surface area contributed by atoms with E-state index < -0.39 is 11.1 Å². The van der Waals surface area contributed by atoms with Crippen molar-refractivity contribution in [2.75, 3.05) is 26.3 Å². The molecular formula is C11H12NNaO4S. The predicted octanol–water partition coefficient (Wildman–Crippen LogP) is -2.60. The van der Waals surface area contributed by atoms with Crippen LogP contribution in [0.3, 0.4) is 0 Å². The molecule has 0 bridgehead atoms. The number of carbonyl (C=O) groups excluding carboxylic acids is 1. The van der Waals surface area contributed by atoms with Crippen LogP contribution in [0.15, 0.2) is 29.2 Å². The first kappa shape index (κ1) is 15.8. The van der Waals surface area contributed by atoms with Gasteiger partial charge in [-0.2, -0.15) is 0 Å². The van der Waals surface area contributed by atoms with E-state index in [2.05, 4.69) is 0 Å². The van der Waals surface area contributed by atoms with Gasteiger partial charge in [0.15, 0.2) is 0 Å². The first-order valence-electron chi connectivity index (χ1n) is 5.25. The Bertz CT molecular complexity index is 448. The van der Waals surface area contributed by atoms with Gasteiger partial charge in [0.1, 0.15) is 0 Å². The maximum absolute atomic E-state index is 12.0. The van der Waals surface area contributed by atoms with Crippen LogP contribution in [0.1, 0.15) is 10.4 Å². The van der Waals surface area contributed by atoms with Crippen LogP contribution in [0.5, 0.6) is 0 Å². The molecule has 0 aliphatic carbocycles. The summed E-state index contributed by atoms with van der Waals surface area (Å²) in [6.07, 6.45) is 0. The fourth-order valence-electron chi connectivity index (χ4n) is 1.68. The van der Waals surface area contributed by atoms with Crippen molar-refractivity contribution in [2.45, 2.75) is 4.90 Å². The molecule has 0 N–H and O–H groups in total. The quantitative estimate of drug-likeness (QED) is 0.439. The predicted molar refractivity (Wildman–Crippen MR) is 60.4 cm³/mol. The van der Waals surface area contributed by atoms with Gasteiger partial charge in [-0.15, -0.1) is 0 Å². The van der Waals surface area contributed by atoms with Gasteiger partial charge < -0.3 is 14.2 Å². The van der Waals surface area contributed by atoms with Crippen LogP contribution in [-0.2, 0) is 15.8 Å². The number of rotatable bonds is 2. The molecule has 7 heteroatoms. The third-order valence-electron chi connectivity index (χ3n) is 2.57. The summed E-state index contributed by atoms with van der Waals surface area (Å²) < 4.78 is 26.8. The van der Waals surface area contributed by atoms with Gasteiger partial charge in [0.2, 0.25) is 0 Å². The molecule has 1 aliphatic rings. The molecule has 0 radical (unpaired) electrons. The zero-order chi connectivity index (χ0) is 12.3. The normalized spacial score (nSPS) is 16.8. The molecule has 0 saturated carbocycles. The third-order valence-corrected chi connectivity index (χ3v) is 3.21. The summed E-state index contributed by atoms with van der Waals surface area (Å²) in [5, 5.41) is 0. The number of ether oxygens (including phenoxy) is 1. The van der Waals surface area contributed by atoms with E-state index in [1.165, 1.54) is 12.1 Å². The zero-order valence-electron chi connectivity index (χ0n) is 10.1. The Morgan fingerprint density at radius 2 is 2.00 bits per heavy atom. The minimum absolute atomic E-state index is 0. The molecule has 0 spiro atoms. The van der Waals surface area contributed by atoms with E-state index >= 15 is 0 Å². The van der Waals surface area contributed by atoms with Gasteiger partial charge in [0.05, 0.1) is 13.2 Å². The van der Waals surface area contributed by atoms with Crippen molar-refractivity contribution in [1.29, 1.82) is 0 Å². The maximum atomic E-state index is 12.0. The fraction of sp³-hybridized carbons (Fsp3) is 0.364. The van der Waals surface area contributed by atoms with E-state index in [1.807, 2.05) is 0 Å². The van der Waals surface area contributed by atoms with Crippen LogP contribution in [0.2, 0.25) is 0 Å². The first-order valence-corrected chi connectivity index (χ1v) is 6.32. The van der Waals surface area contributed by atoms with E-state index in [9.17, 15) is 13.6 Å². The molecule has 1 aliphatic heterocycles. The number of amides is 1. The summed E-state index contributed by atoms with van der Waals surface area (Å²) in [6.45, 7) is 2.14. The topological polar surface area (TPSA) is 69.7 Å². The van der Waals surface area contributed by atoms with Crippen molar-refractivity contribution in [3.05, 3.63) is 29.8 Å². The monoisotopic (exact) mass is 277 g/mol. The molecule has 1 amide bonds. The molecule has 1 saturated heterocycles. The summed E-state index contributed by atoms with van der Waals surface area (Å²) in [4.78, 5) is 13.8. The largest absolute Gasteiger partial charge is 1.00 e. The van der Waals surface area contributed by atoms with Crippen LogP contribution in [0, 0.1) is 0 Å².